The summed E-state index contributed by atoms with van der Waals surface area (Å²) < 4.78 is 11.7. The van der Waals surface area contributed by atoms with Gasteiger partial charge in [0.05, 0.1) is 6.61 Å². The number of anilines is 1. The summed E-state index contributed by atoms with van der Waals surface area (Å²) in [5.74, 6) is 0.787. The van der Waals surface area contributed by atoms with E-state index in [4.69, 9.17) is 9.47 Å². The first-order chi connectivity index (χ1) is 13.4. The van der Waals surface area contributed by atoms with Crippen molar-refractivity contribution in [2.45, 2.75) is 70.6 Å². The molecule has 0 radical (unpaired) electrons. The van der Waals surface area contributed by atoms with Crippen molar-refractivity contribution in [3.63, 3.8) is 0 Å². The molecule has 3 rings (SSSR count). The molecule has 1 saturated heterocycles. The van der Waals surface area contributed by atoms with Crippen LogP contribution in [0, 0.1) is 0 Å². The van der Waals surface area contributed by atoms with E-state index >= 15 is 0 Å². The molecule has 2 fully saturated rings. The minimum atomic E-state index is -0.126. The van der Waals surface area contributed by atoms with Crippen molar-refractivity contribution >= 4 is 11.7 Å². The van der Waals surface area contributed by atoms with Crippen LogP contribution in [-0.2, 0) is 4.74 Å². The second-order valence-corrected chi connectivity index (χ2v) is 8.88. The quantitative estimate of drug-likeness (QED) is 0.798. The summed E-state index contributed by atoms with van der Waals surface area (Å²) >= 11 is 0. The zero-order chi connectivity index (χ0) is 20.0. The Hall–Kier alpha value is -1.79. The van der Waals surface area contributed by atoms with Crippen LogP contribution in [-0.4, -0.2) is 54.9 Å². The lowest BCUT2D eigenvalue weighted by molar-refractivity contribution is -0.0729. The first kappa shape index (κ1) is 20.9. The predicted molar refractivity (Wildman–Crippen MR) is 112 cm³/mol. The highest BCUT2D eigenvalue weighted by molar-refractivity contribution is 5.89. The molecule has 1 aromatic rings. The smallest absolute Gasteiger partial charge is 0.319 e. The third kappa shape index (κ3) is 6.38. The Labute approximate surface area is 169 Å². The van der Waals surface area contributed by atoms with E-state index in [9.17, 15) is 4.79 Å². The molecule has 2 aliphatic rings. The number of morpholine rings is 1. The van der Waals surface area contributed by atoms with Crippen molar-refractivity contribution in [2.75, 3.05) is 31.6 Å². The maximum Gasteiger partial charge on any atom is 0.319 e. The van der Waals surface area contributed by atoms with E-state index in [1.807, 2.05) is 24.3 Å². The van der Waals surface area contributed by atoms with E-state index in [-0.39, 0.29) is 17.7 Å². The zero-order valence-corrected chi connectivity index (χ0v) is 17.5. The summed E-state index contributed by atoms with van der Waals surface area (Å²) in [6.07, 6.45) is 5.92. The summed E-state index contributed by atoms with van der Waals surface area (Å²) in [6.45, 7) is 9.80. The van der Waals surface area contributed by atoms with Gasteiger partial charge in [0.25, 0.3) is 0 Å². The molecule has 1 aromatic carbocycles. The molecule has 6 heteroatoms. The molecule has 6 nitrogen and oxygen atoms in total. The highest BCUT2D eigenvalue weighted by atomic mass is 16.5. The molecule has 1 heterocycles. The molecular weight excluding hydrogens is 354 g/mol. The van der Waals surface area contributed by atoms with E-state index in [0.29, 0.717) is 12.6 Å². The van der Waals surface area contributed by atoms with Gasteiger partial charge in [-0.25, -0.2) is 4.79 Å². The van der Waals surface area contributed by atoms with Gasteiger partial charge in [0.2, 0.25) is 0 Å². The van der Waals surface area contributed by atoms with Crippen molar-refractivity contribution in [1.82, 2.24) is 10.2 Å². The normalized spacial score (nSPS) is 21.9. The van der Waals surface area contributed by atoms with Crippen LogP contribution in [0.1, 0.15) is 52.9 Å². The highest BCUT2D eigenvalue weighted by Gasteiger charge is 2.28. The lowest BCUT2D eigenvalue weighted by Crippen LogP contribution is -2.52. The maximum absolute atomic E-state index is 12.1. The fraction of sp³-hybridized carbons (Fsp3) is 0.682. The zero-order valence-electron chi connectivity index (χ0n) is 17.5. The fourth-order valence-corrected chi connectivity index (χ4v) is 3.85. The Kier molecular flexibility index (Phi) is 7.18. The molecule has 28 heavy (non-hydrogen) atoms. The maximum atomic E-state index is 12.1. The Morgan fingerprint density at radius 1 is 1.18 bits per heavy atom. The Morgan fingerprint density at radius 3 is 2.57 bits per heavy atom. The van der Waals surface area contributed by atoms with Gasteiger partial charge in [0.1, 0.15) is 18.5 Å². The van der Waals surface area contributed by atoms with Crippen LogP contribution >= 0.6 is 0 Å². The van der Waals surface area contributed by atoms with Crippen LogP contribution in [0.4, 0.5) is 10.5 Å². The van der Waals surface area contributed by atoms with Crippen molar-refractivity contribution < 1.29 is 14.3 Å². The number of carbonyl (C=O) groups excluding carboxylic acids is 1. The molecule has 156 valence electrons. The van der Waals surface area contributed by atoms with Crippen LogP contribution in [0.3, 0.4) is 0 Å². The number of carbonyl (C=O) groups is 1. The third-order valence-corrected chi connectivity index (χ3v) is 5.58. The minimum Gasteiger partial charge on any atom is -0.491 e. The molecule has 2 amide bonds. The molecule has 2 N–H and O–H groups in total. The minimum absolute atomic E-state index is 0.0760. The molecule has 0 aromatic heterocycles. The van der Waals surface area contributed by atoms with Crippen molar-refractivity contribution in [1.29, 1.82) is 0 Å². The highest BCUT2D eigenvalue weighted by Crippen LogP contribution is 2.20. The lowest BCUT2D eigenvalue weighted by atomic mass is 9.96. The van der Waals surface area contributed by atoms with Gasteiger partial charge < -0.3 is 20.1 Å². The number of benzene rings is 1. The number of hydrogen-bond donors (Lipinski definition) is 2. The summed E-state index contributed by atoms with van der Waals surface area (Å²) in [4.78, 5) is 14.6. The molecule has 1 aliphatic heterocycles. The van der Waals surface area contributed by atoms with E-state index in [1.54, 1.807) is 0 Å². The Bertz CT molecular complexity index is 621. The van der Waals surface area contributed by atoms with Gasteiger partial charge in [-0.2, -0.15) is 0 Å². The molecule has 0 spiro atoms. The standard InChI is InChI=1S/C22H35N3O3/c1-22(2,3)25-13-14-27-20(15-25)16-28-19-11-9-18(10-12-19)24-21(26)23-17-7-5-4-6-8-17/h9-12,17,20H,4-8,13-16H2,1-3H3,(H2,23,24,26)/t20-/m0/s1. The van der Waals surface area contributed by atoms with Crippen LogP contribution in [0.15, 0.2) is 24.3 Å². The Balaban J connectivity index is 1.42. The number of rotatable bonds is 5. The van der Waals surface area contributed by atoms with E-state index < -0.39 is 0 Å². The molecule has 1 atom stereocenters. The average Bonchev–Trinajstić information content (AvgIpc) is 2.68. The molecule has 1 aliphatic carbocycles. The topological polar surface area (TPSA) is 62.8 Å². The SMILES string of the molecule is CC(C)(C)N1CCO[C@H](COc2ccc(NC(=O)NC3CCCCC3)cc2)C1. The van der Waals surface area contributed by atoms with Gasteiger partial charge in [-0.05, 0) is 57.9 Å². The number of urea groups is 1. The Morgan fingerprint density at radius 2 is 1.89 bits per heavy atom. The number of amides is 2. The number of ether oxygens (including phenoxy) is 2. The monoisotopic (exact) mass is 389 g/mol. The van der Waals surface area contributed by atoms with Gasteiger partial charge in [0, 0.05) is 30.4 Å². The summed E-state index contributed by atoms with van der Waals surface area (Å²) in [6, 6.07) is 7.71. The van der Waals surface area contributed by atoms with E-state index in [0.717, 1.165) is 44.0 Å². The van der Waals surface area contributed by atoms with Crippen molar-refractivity contribution in [3.8, 4) is 5.75 Å². The van der Waals surface area contributed by atoms with Crippen LogP contribution in [0.5, 0.6) is 5.75 Å². The van der Waals surface area contributed by atoms with Crippen LogP contribution < -0.4 is 15.4 Å². The predicted octanol–water partition coefficient (Wildman–Crippen LogP) is 4.02. The first-order valence-electron chi connectivity index (χ1n) is 10.6. The van der Waals surface area contributed by atoms with Crippen LogP contribution in [0.25, 0.3) is 0 Å². The van der Waals surface area contributed by atoms with Gasteiger partial charge >= 0.3 is 6.03 Å². The first-order valence-corrected chi connectivity index (χ1v) is 10.6. The van der Waals surface area contributed by atoms with Gasteiger partial charge in [0.15, 0.2) is 0 Å². The molecule has 0 unspecified atom stereocenters. The van der Waals surface area contributed by atoms with Crippen molar-refractivity contribution in [2.24, 2.45) is 0 Å². The lowest BCUT2D eigenvalue weighted by Gasteiger charge is -2.41. The average molecular weight is 390 g/mol. The molecular formula is C22H35N3O3. The van der Waals surface area contributed by atoms with Gasteiger partial charge in [-0.15, -0.1) is 0 Å². The molecule has 1 saturated carbocycles. The number of nitrogens with one attached hydrogen (secondary N) is 2. The number of nitrogens with zero attached hydrogens (tertiary/aromatic N) is 1. The summed E-state index contributed by atoms with van der Waals surface area (Å²) in [5.41, 5.74) is 0.918. The summed E-state index contributed by atoms with van der Waals surface area (Å²) in [7, 11) is 0. The second-order valence-electron chi connectivity index (χ2n) is 8.88. The third-order valence-electron chi connectivity index (χ3n) is 5.58. The van der Waals surface area contributed by atoms with Gasteiger partial charge in [-0.3, -0.25) is 4.90 Å². The summed E-state index contributed by atoms with van der Waals surface area (Å²) in [5, 5.41) is 5.97. The van der Waals surface area contributed by atoms with Gasteiger partial charge in [-0.1, -0.05) is 19.3 Å². The van der Waals surface area contributed by atoms with E-state index in [1.165, 1.54) is 19.3 Å². The van der Waals surface area contributed by atoms with E-state index in [2.05, 4.69) is 36.3 Å². The number of hydrogen-bond acceptors (Lipinski definition) is 4. The van der Waals surface area contributed by atoms with Crippen LogP contribution in [0.2, 0.25) is 0 Å². The fourth-order valence-electron chi connectivity index (χ4n) is 3.85. The van der Waals surface area contributed by atoms with Crippen molar-refractivity contribution in [3.05, 3.63) is 24.3 Å². The second kappa shape index (κ2) is 9.61. The largest absolute Gasteiger partial charge is 0.491 e. The molecule has 0 bridgehead atoms.